The Balaban J connectivity index is 2.20. The van der Waals surface area contributed by atoms with Crippen LogP contribution in [0.3, 0.4) is 0 Å². The summed E-state index contributed by atoms with van der Waals surface area (Å²) in [6.45, 7) is 2.66. The van der Waals surface area contributed by atoms with Gasteiger partial charge in [-0.05, 0) is 30.7 Å². The molecule has 0 atom stereocenters. The first kappa shape index (κ1) is 14.9. The molecule has 0 spiro atoms. The summed E-state index contributed by atoms with van der Waals surface area (Å²) in [5.74, 6) is -1.54. The summed E-state index contributed by atoms with van der Waals surface area (Å²) < 4.78 is 26.2. The summed E-state index contributed by atoms with van der Waals surface area (Å²) in [6.07, 6.45) is 2.45. The van der Waals surface area contributed by atoms with E-state index in [-0.39, 0.29) is 5.69 Å². The predicted molar refractivity (Wildman–Crippen MR) is 77.3 cm³/mol. The van der Waals surface area contributed by atoms with Gasteiger partial charge in [-0.3, -0.25) is 4.79 Å². The van der Waals surface area contributed by atoms with Crippen molar-refractivity contribution >= 4 is 17.4 Å². The number of aromatic nitrogens is 1. The second kappa shape index (κ2) is 6.78. The second-order valence-electron chi connectivity index (χ2n) is 4.44. The number of hydrogen-bond acceptors (Lipinski definition) is 3. The van der Waals surface area contributed by atoms with Gasteiger partial charge in [-0.15, -0.1) is 0 Å². The van der Waals surface area contributed by atoms with E-state index in [4.69, 9.17) is 0 Å². The highest BCUT2D eigenvalue weighted by Crippen LogP contribution is 2.17. The van der Waals surface area contributed by atoms with Gasteiger partial charge >= 0.3 is 0 Å². The van der Waals surface area contributed by atoms with Crippen LogP contribution < -0.4 is 10.6 Å². The number of hydrogen-bond donors (Lipinski definition) is 2. The van der Waals surface area contributed by atoms with Crippen molar-refractivity contribution in [1.82, 2.24) is 4.98 Å². The van der Waals surface area contributed by atoms with Crippen LogP contribution in [0, 0.1) is 11.6 Å². The molecule has 4 nitrogen and oxygen atoms in total. The fraction of sp³-hybridized carbons (Fsp3) is 0.200. The third kappa shape index (κ3) is 3.98. The summed E-state index contributed by atoms with van der Waals surface area (Å²) in [5.41, 5.74) is 0.374. The van der Waals surface area contributed by atoms with Gasteiger partial charge in [0.05, 0.1) is 5.56 Å². The number of rotatable bonds is 5. The molecule has 2 rings (SSSR count). The minimum Gasteiger partial charge on any atom is -0.369 e. The maximum Gasteiger partial charge on any atom is 0.259 e. The lowest BCUT2D eigenvalue weighted by atomic mass is 10.2. The molecule has 0 aliphatic carbocycles. The summed E-state index contributed by atoms with van der Waals surface area (Å²) in [7, 11) is 0. The molecule has 0 radical (unpaired) electrons. The summed E-state index contributed by atoms with van der Waals surface area (Å²) >= 11 is 0. The maximum atomic E-state index is 13.1. The molecule has 2 N–H and O–H groups in total. The van der Waals surface area contributed by atoms with E-state index in [0.717, 1.165) is 24.6 Å². The average molecular weight is 291 g/mol. The Morgan fingerprint density at radius 2 is 1.95 bits per heavy atom. The summed E-state index contributed by atoms with van der Waals surface area (Å²) in [6, 6.07) is 6.06. The Bertz CT molecular complexity index is 626. The molecule has 0 bridgehead atoms. The van der Waals surface area contributed by atoms with E-state index in [1.807, 2.05) is 6.92 Å². The van der Waals surface area contributed by atoms with Crippen LogP contribution in [0.1, 0.15) is 23.7 Å². The number of halogens is 2. The molecule has 21 heavy (non-hydrogen) atoms. The molecular weight excluding hydrogens is 276 g/mol. The first-order valence-corrected chi connectivity index (χ1v) is 6.56. The first-order chi connectivity index (χ1) is 10.1. The van der Waals surface area contributed by atoms with Crippen molar-refractivity contribution in [2.75, 3.05) is 17.2 Å². The minimum atomic E-state index is -0.749. The lowest BCUT2D eigenvalue weighted by molar-refractivity contribution is 0.102. The van der Waals surface area contributed by atoms with Crippen LogP contribution in [0.2, 0.25) is 0 Å². The van der Waals surface area contributed by atoms with Crippen molar-refractivity contribution < 1.29 is 13.6 Å². The molecule has 0 fully saturated rings. The third-order valence-electron chi connectivity index (χ3n) is 2.72. The van der Waals surface area contributed by atoms with Crippen molar-refractivity contribution in [3.63, 3.8) is 0 Å². The maximum absolute atomic E-state index is 13.1. The number of carbonyl (C=O) groups excluding carboxylic acids is 1. The Kier molecular flexibility index (Phi) is 4.81. The zero-order chi connectivity index (χ0) is 15.2. The van der Waals surface area contributed by atoms with E-state index in [0.29, 0.717) is 17.9 Å². The van der Waals surface area contributed by atoms with Crippen LogP contribution >= 0.6 is 0 Å². The van der Waals surface area contributed by atoms with Crippen molar-refractivity contribution in [3.05, 3.63) is 53.7 Å². The zero-order valence-corrected chi connectivity index (χ0v) is 11.5. The SMILES string of the molecule is CCCNc1ncccc1C(=O)Nc1cc(F)cc(F)c1. The van der Waals surface area contributed by atoms with Crippen LogP contribution in [0.25, 0.3) is 0 Å². The summed E-state index contributed by atoms with van der Waals surface area (Å²) in [5, 5.41) is 5.49. The van der Waals surface area contributed by atoms with Crippen molar-refractivity contribution in [2.24, 2.45) is 0 Å². The standard InChI is InChI=1S/C15H15F2N3O/c1-2-5-18-14-13(4-3-6-19-14)15(21)20-12-8-10(16)7-11(17)9-12/h3-4,6-9H,2,5H2,1H3,(H,18,19)(H,20,21). The van der Waals surface area contributed by atoms with Gasteiger partial charge in [-0.1, -0.05) is 6.92 Å². The Hall–Kier alpha value is -2.50. The molecule has 1 aromatic carbocycles. The molecule has 1 amide bonds. The van der Waals surface area contributed by atoms with E-state index < -0.39 is 17.5 Å². The average Bonchev–Trinajstić information content (AvgIpc) is 2.44. The quantitative estimate of drug-likeness (QED) is 0.887. The van der Waals surface area contributed by atoms with Crippen LogP contribution in [0.4, 0.5) is 20.3 Å². The lowest BCUT2D eigenvalue weighted by Crippen LogP contribution is -2.16. The van der Waals surface area contributed by atoms with Crippen LogP contribution in [0.5, 0.6) is 0 Å². The molecule has 0 unspecified atom stereocenters. The molecule has 0 saturated heterocycles. The number of nitrogens with zero attached hydrogens (tertiary/aromatic N) is 1. The minimum absolute atomic E-state index is 0.0581. The van der Waals surface area contributed by atoms with Gasteiger partial charge in [0.1, 0.15) is 17.5 Å². The lowest BCUT2D eigenvalue weighted by Gasteiger charge is -2.10. The van der Waals surface area contributed by atoms with Gasteiger partial charge in [0.2, 0.25) is 0 Å². The van der Waals surface area contributed by atoms with Gasteiger partial charge < -0.3 is 10.6 Å². The van der Waals surface area contributed by atoms with Gasteiger partial charge in [0.25, 0.3) is 5.91 Å². The van der Waals surface area contributed by atoms with Crippen LogP contribution in [-0.4, -0.2) is 17.4 Å². The first-order valence-electron chi connectivity index (χ1n) is 6.56. The monoisotopic (exact) mass is 291 g/mol. The zero-order valence-electron chi connectivity index (χ0n) is 11.5. The van der Waals surface area contributed by atoms with Crippen LogP contribution in [0.15, 0.2) is 36.5 Å². The topological polar surface area (TPSA) is 54.0 Å². The van der Waals surface area contributed by atoms with Crippen molar-refractivity contribution in [1.29, 1.82) is 0 Å². The molecule has 6 heteroatoms. The van der Waals surface area contributed by atoms with Gasteiger partial charge in [0, 0.05) is 24.5 Å². The molecule has 0 aliphatic heterocycles. The van der Waals surface area contributed by atoms with E-state index >= 15 is 0 Å². The Morgan fingerprint density at radius 3 is 2.62 bits per heavy atom. The fourth-order valence-electron chi connectivity index (χ4n) is 1.80. The van der Waals surface area contributed by atoms with Gasteiger partial charge in [-0.2, -0.15) is 0 Å². The molecular formula is C15H15F2N3O. The van der Waals surface area contributed by atoms with Crippen molar-refractivity contribution in [2.45, 2.75) is 13.3 Å². The largest absolute Gasteiger partial charge is 0.369 e. The smallest absolute Gasteiger partial charge is 0.259 e. The highest BCUT2D eigenvalue weighted by atomic mass is 19.1. The van der Waals surface area contributed by atoms with Gasteiger partial charge in [0.15, 0.2) is 0 Å². The number of nitrogens with one attached hydrogen (secondary N) is 2. The fourth-order valence-corrected chi connectivity index (χ4v) is 1.80. The second-order valence-corrected chi connectivity index (χ2v) is 4.44. The van der Waals surface area contributed by atoms with Crippen molar-refractivity contribution in [3.8, 4) is 0 Å². The number of amides is 1. The predicted octanol–water partition coefficient (Wildman–Crippen LogP) is 3.43. The molecule has 110 valence electrons. The molecule has 0 saturated carbocycles. The normalized spacial score (nSPS) is 10.2. The van der Waals surface area contributed by atoms with Crippen LogP contribution in [-0.2, 0) is 0 Å². The molecule has 0 aliphatic rings. The number of pyridine rings is 1. The third-order valence-corrected chi connectivity index (χ3v) is 2.72. The molecule has 1 heterocycles. The highest BCUT2D eigenvalue weighted by molar-refractivity contribution is 6.07. The number of anilines is 2. The number of carbonyl (C=O) groups is 1. The van der Waals surface area contributed by atoms with E-state index in [1.165, 1.54) is 0 Å². The van der Waals surface area contributed by atoms with E-state index in [1.54, 1.807) is 18.3 Å². The molecule has 2 aromatic rings. The summed E-state index contributed by atoms with van der Waals surface area (Å²) in [4.78, 5) is 16.3. The molecule has 1 aromatic heterocycles. The highest BCUT2D eigenvalue weighted by Gasteiger charge is 2.13. The van der Waals surface area contributed by atoms with E-state index in [9.17, 15) is 13.6 Å². The van der Waals surface area contributed by atoms with Gasteiger partial charge in [-0.25, -0.2) is 13.8 Å². The number of benzene rings is 1. The Labute approximate surface area is 121 Å². The Morgan fingerprint density at radius 1 is 1.24 bits per heavy atom. The van der Waals surface area contributed by atoms with E-state index in [2.05, 4.69) is 15.6 Å².